The Morgan fingerprint density at radius 3 is 2.61 bits per heavy atom. The quantitative estimate of drug-likeness (QED) is 0.929. The van der Waals surface area contributed by atoms with E-state index in [-0.39, 0.29) is 12.0 Å². The first-order chi connectivity index (χ1) is 8.43. The number of rotatable bonds is 3. The Kier molecular flexibility index (Phi) is 4.19. The normalized spacial score (nSPS) is 24.2. The molecule has 0 bridgehead atoms. The van der Waals surface area contributed by atoms with Gasteiger partial charge in [-0.1, -0.05) is 29.3 Å². The van der Waals surface area contributed by atoms with Crippen molar-refractivity contribution in [2.45, 2.75) is 31.7 Å². The lowest BCUT2D eigenvalue weighted by Gasteiger charge is -2.23. The fourth-order valence-corrected chi connectivity index (χ4v) is 2.47. The maximum atomic E-state index is 6.03. The van der Waals surface area contributed by atoms with Gasteiger partial charge in [-0.25, -0.2) is 0 Å². The number of ether oxygens (including phenoxy) is 2. The van der Waals surface area contributed by atoms with E-state index in [9.17, 15) is 0 Å². The van der Waals surface area contributed by atoms with E-state index < -0.39 is 5.79 Å². The van der Waals surface area contributed by atoms with Crippen LogP contribution in [0.2, 0.25) is 10.0 Å². The standard InChI is InChI=1S/C13H17Cl2NO2/c1-13(2)17-7-12(18-13)9(6-16)8-3-4-10(14)11(15)5-8/h3-5,9,12H,6-7,16H2,1-2H3/t9-,12-/m1/s1. The number of hydrogen-bond donors (Lipinski definition) is 1. The van der Waals surface area contributed by atoms with Crippen LogP contribution in [0.25, 0.3) is 0 Å². The van der Waals surface area contributed by atoms with Gasteiger partial charge in [-0.2, -0.15) is 0 Å². The van der Waals surface area contributed by atoms with Crippen molar-refractivity contribution in [3.8, 4) is 0 Å². The van der Waals surface area contributed by atoms with Gasteiger partial charge in [0.25, 0.3) is 0 Å². The Hall–Kier alpha value is -0.320. The molecule has 3 nitrogen and oxygen atoms in total. The molecule has 1 fully saturated rings. The molecule has 2 atom stereocenters. The zero-order valence-corrected chi connectivity index (χ0v) is 12.0. The van der Waals surface area contributed by atoms with E-state index in [1.54, 1.807) is 6.07 Å². The topological polar surface area (TPSA) is 44.5 Å². The smallest absolute Gasteiger partial charge is 0.163 e. The van der Waals surface area contributed by atoms with Gasteiger partial charge < -0.3 is 15.2 Å². The summed E-state index contributed by atoms with van der Waals surface area (Å²) in [7, 11) is 0. The molecule has 0 spiro atoms. The Morgan fingerprint density at radius 2 is 2.11 bits per heavy atom. The fraction of sp³-hybridized carbons (Fsp3) is 0.538. The highest BCUT2D eigenvalue weighted by Crippen LogP contribution is 2.33. The van der Waals surface area contributed by atoms with E-state index in [1.807, 2.05) is 26.0 Å². The summed E-state index contributed by atoms with van der Waals surface area (Å²) in [5.41, 5.74) is 6.88. The molecule has 1 aliphatic heterocycles. The minimum Gasteiger partial charge on any atom is -0.348 e. The van der Waals surface area contributed by atoms with E-state index in [4.69, 9.17) is 38.4 Å². The van der Waals surface area contributed by atoms with Crippen molar-refractivity contribution in [3.05, 3.63) is 33.8 Å². The maximum Gasteiger partial charge on any atom is 0.163 e. The molecule has 0 aliphatic carbocycles. The lowest BCUT2D eigenvalue weighted by Crippen LogP contribution is -2.30. The molecule has 0 aromatic heterocycles. The van der Waals surface area contributed by atoms with Crippen LogP contribution in [0.4, 0.5) is 0 Å². The van der Waals surface area contributed by atoms with Gasteiger partial charge in [0.2, 0.25) is 0 Å². The molecule has 1 heterocycles. The predicted molar refractivity (Wildman–Crippen MR) is 73.2 cm³/mol. The molecule has 0 unspecified atom stereocenters. The van der Waals surface area contributed by atoms with Gasteiger partial charge >= 0.3 is 0 Å². The molecule has 18 heavy (non-hydrogen) atoms. The highest BCUT2D eigenvalue weighted by atomic mass is 35.5. The van der Waals surface area contributed by atoms with Crippen molar-refractivity contribution < 1.29 is 9.47 Å². The lowest BCUT2D eigenvalue weighted by molar-refractivity contribution is -0.140. The minimum absolute atomic E-state index is 0.0535. The summed E-state index contributed by atoms with van der Waals surface area (Å²) in [6.07, 6.45) is -0.0535. The van der Waals surface area contributed by atoms with Crippen LogP contribution in [-0.4, -0.2) is 25.0 Å². The summed E-state index contributed by atoms with van der Waals surface area (Å²) in [5, 5.41) is 1.07. The molecule has 0 radical (unpaired) electrons. The second kappa shape index (κ2) is 5.35. The predicted octanol–water partition coefficient (Wildman–Crippen LogP) is 3.19. The molecular weight excluding hydrogens is 273 g/mol. The van der Waals surface area contributed by atoms with Crippen molar-refractivity contribution in [2.75, 3.05) is 13.2 Å². The van der Waals surface area contributed by atoms with Gasteiger partial charge in [0.15, 0.2) is 5.79 Å². The monoisotopic (exact) mass is 289 g/mol. The third-order valence-electron chi connectivity index (χ3n) is 3.10. The minimum atomic E-state index is -0.547. The molecule has 1 aromatic rings. The number of hydrogen-bond acceptors (Lipinski definition) is 3. The van der Waals surface area contributed by atoms with Crippen LogP contribution in [0, 0.1) is 0 Å². The number of nitrogens with two attached hydrogens (primary N) is 1. The van der Waals surface area contributed by atoms with Crippen LogP contribution in [0.1, 0.15) is 25.3 Å². The van der Waals surface area contributed by atoms with Gasteiger partial charge in [-0.3, -0.25) is 0 Å². The summed E-state index contributed by atoms with van der Waals surface area (Å²) < 4.78 is 11.4. The highest BCUT2D eigenvalue weighted by Gasteiger charge is 2.37. The van der Waals surface area contributed by atoms with Gasteiger partial charge in [-0.15, -0.1) is 0 Å². The van der Waals surface area contributed by atoms with Crippen molar-refractivity contribution >= 4 is 23.2 Å². The Balaban J connectivity index is 2.21. The van der Waals surface area contributed by atoms with Crippen LogP contribution < -0.4 is 5.73 Å². The zero-order valence-electron chi connectivity index (χ0n) is 10.5. The molecule has 1 aromatic carbocycles. The first kappa shape index (κ1) is 14.1. The summed E-state index contributed by atoms with van der Waals surface area (Å²) >= 11 is 11.9. The molecular formula is C13H17Cl2NO2. The van der Waals surface area contributed by atoms with E-state index in [1.165, 1.54) is 0 Å². The first-order valence-electron chi connectivity index (χ1n) is 5.90. The molecule has 1 aliphatic rings. The molecule has 0 saturated carbocycles. The second-order valence-corrected chi connectivity index (χ2v) is 5.70. The average molecular weight is 290 g/mol. The SMILES string of the molecule is CC1(C)OC[C@H]([C@H](CN)c2ccc(Cl)c(Cl)c2)O1. The van der Waals surface area contributed by atoms with Crippen LogP contribution in [0.5, 0.6) is 0 Å². The summed E-state index contributed by atoms with van der Waals surface area (Å²) in [5.74, 6) is -0.490. The lowest BCUT2D eigenvalue weighted by atomic mass is 9.94. The summed E-state index contributed by atoms with van der Waals surface area (Å²) in [6, 6.07) is 5.55. The van der Waals surface area contributed by atoms with Gasteiger partial charge in [0.1, 0.15) is 0 Å². The van der Waals surface area contributed by atoms with Crippen LogP contribution in [0.15, 0.2) is 18.2 Å². The fourth-order valence-electron chi connectivity index (χ4n) is 2.16. The van der Waals surface area contributed by atoms with E-state index in [2.05, 4.69) is 0 Å². The molecule has 5 heteroatoms. The third kappa shape index (κ3) is 2.98. The Morgan fingerprint density at radius 1 is 1.39 bits per heavy atom. The first-order valence-corrected chi connectivity index (χ1v) is 6.65. The van der Waals surface area contributed by atoms with Crippen LogP contribution >= 0.6 is 23.2 Å². The van der Waals surface area contributed by atoms with E-state index >= 15 is 0 Å². The molecule has 0 amide bonds. The van der Waals surface area contributed by atoms with Crippen molar-refractivity contribution in [1.82, 2.24) is 0 Å². The van der Waals surface area contributed by atoms with Crippen molar-refractivity contribution in [2.24, 2.45) is 5.73 Å². The highest BCUT2D eigenvalue weighted by molar-refractivity contribution is 6.42. The van der Waals surface area contributed by atoms with Crippen molar-refractivity contribution in [1.29, 1.82) is 0 Å². The molecule has 2 N–H and O–H groups in total. The van der Waals surface area contributed by atoms with Gasteiger partial charge in [0.05, 0.1) is 22.8 Å². The second-order valence-electron chi connectivity index (χ2n) is 4.88. The van der Waals surface area contributed by atoms with Crippen molar-refractivity contribution in [3.63, 3.8) is 0 Å². The number of benzene rings is 1. The van der Waals surface area contributed by atoms with Crippen LogP contribution in [0.3, 0.4) is 0 Å². The molecule has 1 saturated heterocycles. The summed E-state index contributed by atoms with van der Waals surface area (Å²) in [4.78, 5) is 0. The summed E-state index contributed by atoms with van der Waals surface area (Å²) in [6.45, 7) is 4.81. The zero-order chi connectivity index (χ0) is 13.3. The Labute approximate surface area is 117 Å². The van der Waals surface area contributed by atoms with E-state index in [0.29, 0.717) is 23.2 Å². The largest absolute Gasteiger partial charge is 0.348 e. The average Bonchev–Trinajstić information content (AvgIpc) is 2.65. The molecule has 100 valence electrons. The third-order valence-corrected chi connectivity index (χ3v) is 3.84. The maximum absolute atomic E-state index is 6.03. The van der Waals surface area contributed by atoms with E-state index in [0.717, 1.165) is 5.56 Å². The number of halogens is 2. The molecule has 2 rings (SSSR count). The van der Waals surface area contributed by atoms with Gasteiger partial charge in [0, 0.05) is 12.5 Å². The van der Waals surface area contributed by atoms with Gasteiger partial charge in [-0.05, 0) is 31.5 Å². The van der Waals surface area contributed by atoms with Crippen LogP contribution in [-0.2, 0) is 9.47 Å². The Bertz CT molecular complexity index is 437.